The zero-order valence-corrected chi connectivity index (χ0v) is 14.2. The molecule has 0 aliphatic carbocycles. The summed E-state index contributed by atoms with van der Waals surface area (Å²) in [5.74, 6) is 0.884. The second kappa shape index (κ2) is 8.63. The first kappa shape index (κ1) is 18.3. The van der Waals surface area contributed by atoms with Crippen LogP contribution in [0.4, 0.5) is 4.79 Å². The molecule has 1 rings (SSSR count). The van der Waals surface area contributed by atoms with Gasteiger partial charge in [0.1, 0.15) is 11.4 Å². The van der Waals surface area contributed by atoms with E-state index in [2.05, 4.69) is 23.6 Å². The number of rotatable bonds is 7. The van der Waals surface area contributed by atoms with Crippen LogP contribution in [0.15, 0.2) is 24.3 Å². The molecule has 1 amide bonds. The lowest BCUT2D eigenvalue weighted by Crippen LogP contribution is -2.34. The standard InChI is InChI=1S/C17H28N2O3/c1-13(14-9-6-7-10-15(14)21-5)18-11-8-12-19-16(20)22-17(2,3)4/h6-7,9-10,13,18H,8,11-12H2,1-5H3,(H,19,20). The molecule has 5 heteroatoms. The molecule has 0 aliphatic rings. The summed E-state index contributed by atoms with van der Waals surface area (Å²) in [5, 5.41) is 6.17. The van der Waals surface area contributed by atoms with Crippen LogP contribution in [0.25, 0.3) is 0 Å². The van der Waals surface area contributed by atoms with Gasteiger partial charge in [0.25, 0.3) is 0 Å². The first-order valence-electron chi connectivity index (χ1n) is 7.66. The van der Waals surface area contributed by atoms with E-state index in [4.69, 9.17) is 9.47 Å². The van der Waals surface area contributed by atoms with E-state index in [1.54, 1.807) is 7.11 Å². The van der Waals surface area contributed by atoms with Gasteiger partial charge in [-0.2, -0.15) is 0 Å². The topological polar surface area (TPSA) is 59.6 Å². The summed E-state index contributed by atoms with van der Waals surface area (Å²) in [5.41, 5.74) is 0.672. The maximum absolute atomic E-state index is 11.5. The third kappa shape index (κ3) is 6.80. The Bertz CT molecular complexity index is 469. The summed E-state index contributed by atoms with van der Waals surface area (Å²) >= 11 is 0. The first-order chi connectivity index (χ1) is 10.3. The lowest BCUT2D eigenvalue weighted by Gasteiger charge is -2.20. The summed E-state index contributed by atoms with van der Waals surface area (Å²) in [6, 6.07) is 8.16. The maximum Gasteiger partial charge on any atom is 0.407 e. The van der Waals surface area contributed by atoms with Crippen LogP contribution in [0, 0.1) is 0 Å². The molecule has 22 heavy (non-hydrogen) atoms. The molecule has 0 fully saturated rings. The number of carbonyl (C=O) groups is 1. The molecule has 0 spiro atoms. The van der Waals surface area contributed by atoms with Crippen LogP contribution in [0.3, 0.4) is 0 Å². The highest BCUT2D eigenvalue weighted by atomic mass is 16.6. The molecule has 124 valence electrons. The Kier molecular flexibility index (Phi) is 7.18. The van der Waals surface area contributed by atoms with E-state index < -0.39 is 5.60 Å². The van der Waals surface area contributed by atoms with Crippen molar-refractivity contribution in [2.75, 3.05) is 20.2 Å². The van der Waals surface area contributed by atoms with Gasteiger partial charge in [0.2, 0.25) is 0 Å². The van der Waals surface area contributed by atoms with Gasteiger partial charge in [-0.3, -0.25) is 0 Å². The summed E-state index contributed by atoms with van der Waals surface area (Å²) in [7, 11) is 1.68. The number of hydrogen-bond acceptors (Lipinski definition) is 4. The minimum absolute atomic E-state index is 0.192. The Hall–Kier alpha value is -1.75. The third-order valence-electron chi connectivity index (χ3n) is 3.08. The number of methoxy groups -OCH3 is 1. The molecular weight excluding hydrogens is 280 g/mol. The van der Waals surface area contributed by atoms with Crippen LogP contribution < -0.4 is 15.4 Å². The van der Waals surface area contributed by atoms with Crippen molar-refractivity contribution in [1.82, 2.24) is 10.6 Å². The van der Waals surface area contributed by atoms with E-state index in [1.165, 1.54) is 0 Å². The highest BCUT2D eigenvalue weighted by Gasteiger charge is 2.15. The van der Waals surface area contributed by atoms with Gasteiger partial charge >= 0.3 is 6.09 Å². The summed E-state index contributed by atoms with van der Waals surface area (Å²) in [6.07, 6.45) is 0.462. The van der Waals surface area contributed by atoms with Crippen molar-refractivity contribution in [3.63, 3.8) is 0 Å². The predicted octanol–water partition coefficient (Wildman–Crippen LogP) is 3.26. The molecule has 0 aliphatic heterocycles. The van der Waals surface area contributed by atoms with Gasteiger partial charge in [0.05, 0.1) is 7.11 Å². The number of nitrogens with one attached hydrogen (secondary N) is 2. The van der Waals surface area contributed by atoms with E-state index in [9.17, 15) is 4.79 Å². The van der Waals surface area contributed by atoms with Crippen molar-refractivity contribution >= 4 is 6.09 Å². The lowest BCUT2D eigenvalue weighted by atomic mass is 10.1. The van der Waals surface area contributed by atoms with Gasteiger partial charge in [-0.1, -0.05) is 18.2 Å². The molecule has 1 unspecified atom stereocenters. The molecule has 5 nitrogen and oxygen atoms in total. The highest BCUT2D eigenvalue weighted by Crippen LogP contribution is 2.23. The average molecular weight is 308 g/mol. The van der Waals surface area contributed by atoms with E-state index in [0.29, 0.717) is 6.54 Å². The number of carbonyl (C=O) groups excluding carboxylic acids is 1. The fourth-order valence-electron chi connectivity index (χ4n) is 2.05. The van der Waals surface area contributed by atoms with Gasteiger partial charge in [-0.25, -0.2) is 4.79 Å². The number of hydrogen-bond donors (Lipinski definition) is 2. The van der Waals surface area contributed by atoms with Crippen molar-refractivity contribution in [1.29, 1.82) is 0 Å². The molecular formula is C17H28N2O3. The fraction of sp³-hybridized carbons (Fsp3) is 0.588. The Morgan fingerprint density at radius 2 is 1.91 bits per heavy atom. The highest BCUT2D eigenvalue weighted by molar-refractivity contribution is 5.67. The van der Waals surface area contributed by atoms with Crippen LogP contribution in [-0.2, 0) is 4.74 Å². The molecule has 0 radical (unpaired) electrons. The minimum Gasteiger partial charge on any atom is -0.496 e. The summed E-state index contributed by atoms with van der Waals surface area (Å²) in [6.45, 7) is 9.03. The Labute approximate surface area is 133 Å². The smallest absolute Gasteiger partial charge is 0.407 e. The number of alkyl carbamates (subject to hydrolysis) is 1. The van der Waals surface area contributed by atoms with Crippen molar-refractivity contribution in [3.8, 4) is 5.75 Å². The lowest BCUT2D eigenvalue weighted by molar-refractivity contribution is 0.0527. The number of benzene rings is 1. The monoisotopic (exact) mass is 308 g/mol. The van der Waals surface area contributed by atoms with E-state index >= 15 is 0 Å². The van der Waals surface area contributed by atoms with Crippen molar-refractivity contribution in [2.24, 2.45) is 0 Å². The predicted molar refractivity (Wildman–Crippen MR) is 88.3 cm³/mol. The first-order valence-corrected chi connectivity index (χ1v) is 7.66. The molecule has 0 heterocycles. The second-order valence-electron chi connectivity index (χ2n) is 6.20. The molecule has 1 aromatic carbocycles. The SMILES string of the molecule is COc1ccccc1C(C)NCCCNC(=O)OC(C)(C)C. The zero-order chi connectivity index (χ0) is 16.6. The number of ether oxygens (including phenoxy) is 2. The van der Waals surface area contributed by atoms with Gasteiger partial charge in [-0.05, 0) is 46.7 Å². The third-order valence-corrected chi connectivity index (χ3v) is 3.08. The van der Waals surface area contributed by atoms with E-state index in [-0.39, 0.29) is 12.1 Å². The zero-order valence-electron chi connectivity index (χ0n) is 14.2. The number of amides is 1. The van der Waals surface area contributed by atoms with Crippen molar-refractivity contribution in [2.45, 2.75) is 45.8 Å². The van der Waals surface area contributed by atoms with Crippen LogP contribution in [0.5, 0.6) is 5.75 Å². The molecule has 0 aromatic heterocycles. The van der Waals surface area contributed by atoms with Gasteiger partial charge in [0, 0.05) is 18.2 Å². The fourth-order valence-corrected chi connectivity index (χ4v) is 2.05. The quantitative estimate of drug-likeness (QED) is 0.759. The molecule has 0 saturated carbocycles. The molecule has 0 saturated heterocycles. The largest absolute Gasteiger partial charge is 0.496 e. The van der Waals surface area contributed by atoms with Gasteiger partial charge < -0.3 is 20.1 Å². The Morgan fingerprint density at radius 3 is 2.55 bits per heavy atom. The van der Waals surface area contributed by atoms with Crippen molar-refractivity contribution < 1.29 is 14.3 Å². The van der Waals surface area contributed by atoms with Crippen LogP contribution in [0.2, 0.25) is 0 Å². The van der Waals surface area contributed by atoms with Crippen LogP contribution in [0.1, 0.15) is 45.7 Å². The van der Waals surface area contributed by atoms with Gasteiger partial charge in [-0.15, -0.1) is 0 Å². The summed E-state index contributed by atoms with van der Waals surface area (Å²) < 4.78 is 10.5. The Morgan fingerprint density at radius 1 is 1.23 bits per heavy atom. The molecule has 1 aromatic rings. The second-order valence-corrected chi connectivity index (χ2v) is 6.20. The van der Waals surface area contributed by atoms with E-state index in [0.717, 1.165) is 24.3 Å². The minimum atomic E-state index is -0.458. The Balaban J connectivity index is 2.26. The number of para-hydroxylation sites is 1. The van der Waals surface area contributed by atoms with Crippen LogP contribution in [-0.4, -0.2) is 31.9 Å². The molecule has 1 atom stereocenters. The summed E-state index contributed by atoms with van der Waals surface area (Å²) in [4.78, 5) is 11.5. The van der Waals surface area contributed by atoms with Crippen LogP contribution >= 0.6 is 0 Å². The van der Waals surface area contributed by atoms with E-state index in [1.807, 2.05) is 39.0 Å². The van der Waals surface area contributed by atoms with Gasteiger partial charge in [0.15, 0.2) is 0 Å². The molecule has 2 N–H and O–H groups in total. The maximum atomic E-state index is 11.5. The normalized spacial score (nSPS) is 12.6. The average Bonchev–Trinajstić information content (AvgIpc) is 2.44. The molecule has 0 bridgehead atoms. The van der Waals surface area contributed by atoms with Crippen molar-refractivity contribution in [3.05, 3.63) is 29.8 Å².